The van der Waals surface area contributed by atoms with Gasteiger partial charge in [-0.15, -0.1) is 0 Å². The second-order valence-electron chi connectivity index (χ2n) is 12.7. The van der Waals surface area contributed by atoms with Gasteiger partial charge in [0.25, 0.3) is 0 Å². The third-order valence-electron chi connectivity index (χ3n) is 10.1. The molecule has 0 spiro atoms. The lowest BCUT2D eigenvalue weighted by Gasteiger charge is -2.36. The third kappa shape index (κ3) is 6.32. The van der Waals surface area contributed by atoms with Crippen LogP contribution >= 0.6 is 15.9 Å². The molecule has 0 aromatic heterocycles. The molecule has 44 heavy (non-hydrogen) atoms. The first-order chi connectivity index (χ1) is 21.4. The number of carbonyl (C=O) groups excluding carboxylic acids is 2. The largest absolute Gasteiger partial charge is 0.507 e. The molecule has 1 N–H and O–H groups in total. The predicted octanol–water partition coefficient (Wildman–Crippen LogP) is 6.36. The molecule has 0 unspecified atom stereocenters. The number of phenolic OH excluding ortho intramolecular Hbond substituents is 1. The molecule has 2 aromatic carbocycles. The first-order valence-corrected chi connectivity index (χ1v) is 16.8. The van der Waals surface area contributed by atoms with Crippen molar-refractivity contribution in [3.05, 3.63) is 80.8 Å². The van der Waals surface area contributed by atoms with E-state index in [0.717, 1.165) is 67.3 Å². The average molecular weight is 664 g/mol. The first-order valence-electron chi connectivity index (χ1n) is 16.0. The number of methoxy groups -OCH3 is 1. The number of amides is 2. The van der Waals surface area contributed by atoms with Crippen LogP contribution in [0.1, 0.15) is 56.6 Å². The van der Waals surface area contributed by atoms with Crippen LogP contribution in [-0.4, -0.2) is 72.3 Å². The van der Waals surface area contributed by atoms with Gasteiger partial charge in [0.2, 0.25) is 11.8 Å². The van der Waals surface area contributed by atoms with Crippen molar-refractivity contribution in [1.29, 1.82) is 0 Å². The summed E-state index contributed by atoms with van der Waals surface area (Å²) in [6.45, 7) is 5.71. The van der Waals surface area contributed by atoms with Gasteiger partial charge in [-0.25, -0.2) is 0 Å². The van der Waals surface area contributed by atoms with Crippen LogP contribution in [0.2, 0.25) is 0 Å². The zero-order valence-electron chi connectivity index (χ0n) is 25.7. The van der Waals surface area contributed by atoms with Gasteiger partial charge in [0.05, 0.1) is 31.2 Å². The Morgan fingerprint density at radius 2 is 1.86 bits per heavy atom. The van der Waals surface area contributed by atoms with Crippen LogP contribution in [0.3, 0.4) is 0 Å². The molecule has 7 nitrogen and oxygen atoms in total. The van der Waals surface area contributed by atoms with Gasteiger partial charge in [-0.1, -0.05) is 64.8 Å². The van der Waals surface area contributed by atoms with E-state index >= 15 is 0 Å². The number of ether oxygens (including phenoxy) is 2. The molecule has 2 amide bonds. The minimum absolute atomic E-state index is 0.00245. The topological polar surface area (TPSA) is 79.3 Å². The molecule has 6 rings (SSSR count). The molecule has 3 aliphatic heterocycles. The fourth-order valence-electron chi connectivity index (χ4n) is 7.87. The van der Waals surface area contributed by atoms with Crippen molar-refractivity contribution >= 4 is 33.8 Å². The van der Waals surface area contributed by atoms with Gasteiger partial charge in [0, 0.05) is 48.7 Å². The molecule has 0 saturated carbocycles. The van der Waals surface area contributed by atoms with Crippen molar-refractivity contribution in [3.63, 3.8) is 0 Å². The summed E-state index contributed by atoms with van der Waals surface area (Å²) >= 11 is 3.50. The van der Waals surface area contributed by atoms with Crippen molar-refractivity contribution < 1.29 is 24.2 Å². The Kier molecular flexibility index (Phi) is 9.71. The lowest BCUT2D eigenvalue weighted by atomic mass is 9.69. The highest BCUT2D eigenvalue weighted by Gasteiger charge is 2.58. The number of likely N-dealkylation sites (tertiary alicyclic amines) is 2. The summed E-state index contributed by atoms with van der Waals surface area (Å²) in [5.41, 5.74) is 5.63. The van der Waals surface area contributed by atoms with Gasteiger partial charge in [0.15, 0.2) is 0 Å². The first kappa shape index (κ1) is 31.2. The van der Waals surface area contributed by atoms with E-state index in [-0.39, 0.29) is 47.5 Å². The van der Waals surface area contributed by atoms with Gasteiger partial charge in [-0.05, 0) is 73.4 Å². The number of imide groups is 1. The number of piperidine rings is 1. The lowest BCUT2D eigenvalue weighted by molar-refractivity contribution is -0.144. The Balaban J connectivity index is 1.14. The van der Waals surface area contributed by atoms with Crippen LogP contribution in [-0.2, 0) is 25.6 Å². The van der Waals surface area contributed by atoms with Crippen LogP contribution in [0.5, 0.6) is 5.75 Å². The van der Waals surface area contributed by atoms with Gasteiger partial charge in [0.1, 0.15) is 5.75 Å². The predicted molar refractivity (Wildman–Crippen MR) is 174 cm³/mol. The SMILES string of the molecule is CC/C(=C\c1cc(Br)ccc1O)CC[C@H]1OC[C@H]2C1=C(COC)C[C@H]1C(=O)N(C3CCN(Cc4ccccc4)CC3)C(=O)[C@H]12. The fourth-order valence-corrected chi connectivity index (χ4v) is 8.25. The summed E-state index contributed by atoms with van der Waals surface area (Å²) in [4.78, 5) is 32.0. The lowest BCUT2D eigenvalue weighted by Crippen LogP contribution is -2.47. The molecule has 3 fully saturated rings. The number of allylic oxidation sites excluding steroid dienone is 1. The zero-order chi connectivity index (χ0) is 30.8. The van der Waals surface area contributed by atoms with E-state index in [9.17, 15) is 14.7 Å². The maximum absolute atomic E-state index is 14.1. The summed E-state index contributed by atoms with van der Waals surface area (Å²) in [7, 11) is 1.69. The molecule has 234 valence electrons. The van der Waals surface area contributed by atoms with Crippen molar-refractivity contribution in [2.45, 2.75) is 64.1 Å². The number of phenols is 1. The molecule has 4 aliphatic rings. The molecular formula is C36H43BrN2O5. The maximum Gasteiger partial charge on any atom is 0.234 e. The summed E-state index contributed by atoms with van der Waals surface area (Å²) in [6.07, 6.45) is 6.64. The highest BCUT2D eigenvalue weighted by molar-refractivity contribution is 9.10. The summed E-state index contributed by atoms with van der Waals surface area (Å²) in [5.74, 6) is -0.476. The Hall–Kier alpha value is -2.78. The van der Waals surface area contributed by atoms with Crippen molar-refractivity contribution in [3.8, 4) is 5.75 Å². The molecule has 3 saturated heterocycles. The quantitative estimate of drug-likeness (QED) is 0.236. The van der Waals surface area contributed by atoms with E-state index in [1.54, 1.807) is 18.1 Å². The summed E-state index contributed by atoms with van der Waals surface area (Å²) in [5, 5.41) is 10.4. The van der Waals surface area contributed by atoms with Crippen molar-refractivity contribution in [2.24, 2.45) is 17.8 Å². The second kappa shape index (κ2) is 13.7. The van der Waals surface area contributed by atoms with Crippen molar-refractivity contribution in [1.82, 2.24) is 9.80 Å². The monoisotopic (exact) mass is 662 g/mol. The maximum atomic E-state index is 14.1. The van der Waals surface area contributed by atoms with Crippen LogP contribution in [0, 0.1) is 17.8 Å². The van der Waals surface area contributed by atoms with E-state index in [2.05, 4.69) is 58.1 Å². The molecule has 2 aromatic rings. The van der Waals surface area contributed by atoms with E-state index in [1.807, 2.05) is 18.2 Å². The molecule has 8 heteroatoms. The van der Waals surface area contributed by atoms with E-state index in [1.165, 1.54) is 16.7 Å². The number of hydrogen-bond donors (Lipinski definition) is 1. The van der Waals surface area contributed by atoms with E-state index < -0.39 is 0 Å². The number of benzene rings is 2. The molecule has 0 radical (unpaired) electrons. The Morgan fingerprint density at radius 1 is 1.09 bits per heavy atom. The number of carbonyl (C=O) groups is 2. The van der Waals surface area contributed by atoms with Crippen LogP contribution in [0.15, 0.2) is 69.7 Å². The number of nitrogens with zero attached hydrogens (tertiary/aromatic N) is 2. The average Bonchev–Trinajstić information content (AvgIpc) is 3.56. The second-order valence-corrected chi connectivity index (χ2v) is 13.6. The molecule has 0 bridgehead atoms. The number of hydrogen-bond acceptors (Lipinski definition) is 6. The standard InChI is InChI=1S/C36H43BrN2O5/c1-3-23(17-25-18-27(37)10-11-31(25)40)9-12-32-33-26(21-43-2)19-29-34(30(33)22-44-32)36(42)39(35(29)41)28-13-15-38(16-14-28)20-24-7-5-4-6-8-24/h4-8,10-11,17-18,28-30,32,34,40H,3,9,12-16,19-22H2,1-2H3/b23-17+/t29-,30+,32-,34-/m1/s1. The Bertz CT molecular complexity index is 1430. The zero-order valence-corrected chi connectivity index (χ0v) is 27.3. The van der Waals surface area contributed by atoms with Crippen molar-refractivity contribution in [2.75, 3.05) is 33.4 Å². The molecular weight excluding hydrogens is 620 g/mol. The smallest absolute Gasteiger partial charge is 0.234 e. The molecule has 1 aliphatic carbocycles. The fraction of sp³-hybridized carbons (Fsp3) is 0.500. The number of fused-ring (bicyclic) bond motifs is 3. The number of aromatic hydroxyl groups is 1. The van der Waals surface area contributed by atoms with E-state index in [0.29, 0.717) is 19.6 Å². The minimum Gasteiger partial charge on any atom is -0.507 e. The number of halogens is 1. The normalized spacial score (nSPS) is 26.4. The van der Waals surface area contributed by atoms with Crippen LogP contribution in [0.25, 0.3) is 6.08 Å². The summed E-state index contributed by atoms with van der Waals surface area (Å²) in [6, 6.07) is 15.9. The van der Waals surface area contributed by atoms with Gasteiger partial charge in [-0.2, -0.15) is 0 Å². The van der Waals surface area contributed by atoms with Gasteiger partial charge < -0.3 is 14.6 Å². The summed E-state index contributed by atoms with van der Waals surface area (Å²) < 4.78 is 13.0. The highest BCUT2D eigenvalue weighted by Crippen LogP contribution is 2.50. The Morgan fingerprint density at radius 3 is 2.59 bits per heavy atom. The third-order valence-corrected chi connectivity index (χ3v) is 10.6. The van der Waals surface area contributed by atoms with Crippen LogP contribution in [0.4, 0.5) is 0 Å². The Labute approximate surface area is 269 Å². The molecule has 3 heterocycles. The number of rotatable bonds is 10. The van der Waals surface area contributed by atoms with Gasteiger partial charge in [-0.3, -0.25) is 19.4 Å². The van der Waals surface area contributed by atoms with E-state index in [4.69, 9.17) is 9.47 Å². The highest BCUT2D eigenvalue weighted by atomic mass is 79.9. The molecule has 4 atom stereocenters. The van der Waals surface area contributed by atoms with Crippen LogP contribution < -0.4 is 0 Å². The minimum atomic E-state index is -0.342. The van der Waals surface area contributed by atoms with Gasteiger partial charge >= 0.3 is 0 Å².